The van der Waals surface area contributed by atoms with Gasteiger partial charge in [0, 0.05) is 14.1 Å². The monoisotopic (exact) mass is 336 g/mol. The number of carbonyl (C=O) groups excluding carboxylic acids is 1. The molecule has 5 heteroatoms. The summed E-state index contributed by atoms with van der Waals surface area (Å²) in [6.45, 7) is 0. The quantitative estimate of drug-likeness (QED) is 0.921. The molecule has 2 rings (SSSR count). The SMILES string of the molecule is CN(C)c1ccccc1NC(=O)c1cccc(F)c1Br. The molecule has 0 unspecified atom stereocenters. The number of anilines is 2. The molecule has 20 heavy (non-hydrogen) atoms. The summed E-state index contributed by atoms with van der Waals surface area (Å²) in [4.78, 5) is 14.1. The molecule has 0 aromatic heterocycles. The molecule has 104 valence electrons. The van der Waals surface area contributed by atoms with Gasteiger partial charge >= 0.3 is 0 Å². The van der Waals surface area contributed by atoms with Crippen molar-refractivity contribution in [1.82, 2.24) is 0 Å². The first-order chi connectivity index (χ1) is 9.50. The van der Waals surface area contributed by atoms with Gasteiger partial charge in [-0.05, 0) is 40.2 Å². The Balaban J connectivity index is 2.31. The number of nitrogens with one attached hydrogen (secondary N) is 1. The predicted octanol–water partition coefficient (Wildman–Crippen LogP) is 3.91. The molecule has 0 atom stereocenters. The number of hydrogen-bond acceptors (Lipinski definition) is 2. The number of nitrogens with zero attached hydrogens (tertiary/aromatic N) is 1. The number of amides is 1. The third-order valence-electron chi connectivity index (χ3n) is 2.83. The Morgan fingerprint density at radius 1 is 1.15 bits per heavy atom. The van der Waals surface area contributed by atoms with Crippen LogP contribution < -0.4 is 10.2 Å². The fraction of sp³-hybridized carbons (Fsp3) is 0.133. The molecule has 0 fully saturated rings. The van der Waals surface area contributed by atoms with Gasteiger partial charge in [-0.1, -0.05) is 18.2 Å². The molecule has 0 aliphatic rings. The normalized spacial score (nSPS) is 10.2. The molecule has 0 aliphatic carbocycles. The van der Waals surface area contributed by atoms with E-state index in [-0.39, 0.29) is 15.9 Å². The van der Waals surface area contributed by atoms with Gasteiger partial charge in [-0.3, -0.25) is 4.79 Å². The van der Waals surface area contributed by atoms with E-state index in [2.05, 4.69) is 21.2 Å². The zero-order valence-electron chi connectivity index (χ0n) is 11.2. The molecule has 2 aromatic carbocycles. The van der Waals surface area contributed by atoms with E-state index in [1.54, 1.807) is 12.1 Å². The fourth-order valence-corrected chi connectivity index (χ4v) is 2.28. The van der Waals surface area contributed by atoms with Gasteiger partial charge in [0.05, 0.1) is 21.4 Å². The zero-order chi connectivity index (χ0) is 14.7. The second kappa shape index (κ2) is 6.05. The molecule has 0 bridgehead atoms. The number of para-hydroxylation sites is 2. The van der Waals surface area contributed by atoms with Crippen LogP contribution in [0.2, 0.25) is 0 Å². The van der Waals surface area contributed by atoms with Gasteiger partial charge in [0.15, 0.2) is 0 Å². The third kappa shape index (κ3) is 2.99. The Morgan fingerprint density at radius 2 is 1.85 bits per heavy atom. The summed E-state index contributed by atoms with van der Waals surface area (Å²) in [7, 11) is 3.78. The lowest BCUT2D eigenvalue weighted by Gasteiger charge is -2.18. The van der Waals surface area contributed by atoms with Gasteiger partial charge in [-0.2, -0.15) is 0 Å². The van der Waals surface area contributed by atoms with E-state index in [9.17, 15) is 9.18 Å². The van der Waals surface area contributed by atoms with Crippen LogP contribution in [0.4, 0.5) is 15.8 Å². The predicted molar refractivity (Wildman–Crippen MR) is 82.8 cm³/mol. The van der Waals surface area contributed by atoms with Crippen LogP contribution in [0.15, 0.2) is 46.9 Å². The van der Waals surface area contributed by atoms with Gasteiger partial charge in [-0.25, -0.2) is 4.39 Å². The summed E-state index contributed by atoms with van der Waals surface area (Å²) in [5.74, 6) is -0.816. The van der Waals surface area contributed by atoms with Crippen LogP contribution in [0.25, 0.3) is 0 Å². The van der Waals surface area contributed by atoms with Crippen molar-refractivity contribution in [3.63, 3.8) is 0 Å². The minimum absolute atomic E-state index is 0.167. The number of benzene rings is 2. The second-order valence-electron chi connectivity index (χ2n) is 4.47. The highest BCUT2D eigenvalue weighted by molar-refractivity contribution is 9.10. The summed E-state index contributed by atoms with van der Waals surface area (Å²) in [6.07, 6.45) is 0. The van der Waals surface area contributed by atoms with Crippen molar-refractivity contribution in [2.75, 3.05) is 24.3 Å². The van der Waals surface area contributed by atoms with Crippen LogP contribution in [0, 0.1) is 5.82 Å². The molecule has 0 saturated heterocycles. The minimum atomic E-state index is -0.460. The summed E-state index contributed by atoms with van der Waals surface area (Å²) < 4.78 is 13.6. The lowest BCUT2D eigenvalue weighted by atomic mass is 10.2. The Hall–Kier alpha value is -1.88. The third-order valence-corrected chi connectivity index (χ3v) is 3.64. The van der Waals surface area contributed by atoms with E-state index in [4.69, 9.17) is 0 Å². The van der Waals surface area contributed by atoms with Crippen molar-refractivity contribution in [1.29, 1.82) is 0 Å². The number of carbonyl (C=O) groups is 1. The smallest absolute Gasteiger partial charge is 0.256 e. The van der Waals surface area contributed by atoms with Crippen LogP contribution in [-0.2, 0) is 0 Å². The molecule has 0 radical (unpaired) electrons. The Morgan fingerprint density at radius 3 is 2.55 bits per heavy atom. The molecule has 2 aromatic rings. The highest BCUT2D eigenvalue weighted by atomic mass is 79.9. The summed E-state index contributed by atoms with van der Waals surface area (Å²) >= 11 is 3.10. The van der Waals surface area contributed by atoms with Crippen LogP contribution in [0.5, 0.6) is 0 Å². The van der Waals surface area contributed by atoms with Crippen molar-refractivity contribution in [3.05, 3.63) is 58.3 Å². The standard InChI is InChI=1S/C15H14BrFN2O/c1-19(2)13-9-4-3-8-12(13)18-15(20)10-6-5-7-11(17)14(10)16/h3-9H,1-2H3,(H,18,20). The molecule has 1 amide bonds. The van der Waals surface area contributed by atoms with E-state index in [1.165, 1.54) is 12.1 Å². The molecule has 1 N–H and O–H groups in total. The first kappa shape index (κ1) is 14.5. The van der Waals surface area contributed by atoms with Gasteiger partial charge in [0.25, 0.3) is 5.91 Å². The lowest BCUT2D eigenvalue weighted by Crippen LogP contribution is -2.17. The highest BCUT2D eigenvalue weighted by Crippen LogP contribution is 2.26. The number of hydrogen-bond donors (Lipinski definition) is 1. The van der Waals surface area contributed by atoms with Gasteiger partial charge in [-0.15, -0.1) is 0 Å². The first-order valence-electron chi connectivity index (χ1n) is 6.02. The molecule has 0 aliphatic heterocycles. The number of rotatable bonds is 3. The lowest BCUT2D eigenvalue weighted by molar-refractivity contribution is 0.102. The molecule has 3 nitrogen and oxygen atoms in total. The number of halogens is 2. The Kier molecular flexibility index (Phi) is 4.39. The first-order valence-corrected chi connectivity index (χ1v) is 6.81. The van der Waals surface area contributed by atoms with Crippen molar-refractivity contribution in [3.8, 4) is 0 Å². The molecular formula is C15H14BrFN2O. The van der Waals surface area contributed by atoms with E-state index in [0.717, 1.165) is 5.69 Å². The Bertz CT molecular complexity index is 644. The molecule has 0 heterocycles. The second-order valence-corrected chi connectivity index (χ2v) is 5.26. The fourth-order valence-electron chi connectivity index (χ4n) is 1.84. The summed E-state index contributed by atoms with van der Waals surface area (Å²) in [6, 6.07) is 11.8. The van der Waals surface area contributed by atoms with E-state index < -0.39 is 5.82 Å². The summed E-state index contributed by atoms with van der Waals surface area (Å²) in [5, 5.41) is 2.80. The maximum absolute atomic E-state index is 13.5. The van der Waals surface area contributed by atoms with E-state index in [1.807, 2.05) is 37.2 Å². The highest BCUT2D eigenvalue weighted by Gasteiger charge is 2.14. The average Bonchev–Trinajstić information content (AvgIpc) is 2.42. The van der Waals surface area contributed by atoms with Gasteiger partial charge in [0.2, 0.25) is 0 Å². The van der Waals surface area contributed by atoms with Crippen molar-refractivity contribution >= 4 is 33.2 Å². The Labute approximate surface area is 125 Å². The van der Waals surface area contributed by atoms with Crippen LogP contribution in [0.1, 0.15) is 10.4 Å². The van der Waals surface area contributed by atoms with Gasteiger partial charge in [0.1, 0.15) is 5.82 Å². The maximum atomic E-state index is 13.5. The average molecular weight is 337 g/mol. The van der Waals surface area contributed by atoms with Crippen molar-refractivity contribution in [2.45, 2.75) is 0 Å². The van der Waals surface area contributed by atoms with E-state index in [0.29, 0.717) is 5.69 Å². The van der Waals surface area contributed by atoms with Crippen LogP contribution in [-0.4, -0.2) is 20.0 Å². The van der Waals surface area contributed by atoms with Crippen LogP contribution in [0.3, 0.4) is 0 Å². The summed E-state index contributed by atoms with van der Waals surface area (Å²) in [5.41, 5.74) is 1.82. The van der Waals surface area contributed by atoms with Crippen LogP contribution >= 0.6 is 15.9 Å². The zero-order valence-corrected chi connectivity index (χ0v) is 12.7. The largest absolute Gasteiger partial charge is 0.376 e. The van der Waals surface area contributed by atoms with E-state index >= 15 is 0 Å². The molecule has 0 spiro atoms. The molecule has 0 saturated carbocycles. The topological polar surface area (TPSA) is 32.3 Å². The van der Waals surface area contributed by atoms with Crippen molar-refractivity contribution < 1.29 is 9.18 Å². The van der Waals surface area contributed by atoms with Crippen molar-refractivity contribution in [2.24, 2.45) is 0 Å². The minimum Gasteiger partial charge on any atom is -0.376 e. The van der Waals surface area contributed by atoms with Gasteiger partial charge < -0.3 is 10.2 Å². The maximum Gasteiger partial charge on any atom is 0.256 e. The molecular weight excluding hydrogens is 323 g/mol.